The first-order valence-electron chi connectivity index (χ1n) is 8.69. The van der Waals surface area contributed by atoms with Gasteiger partial charge in [0, 0.05) is 11.1 Å². The summed E-state index contributed by atoms with van der Waals surface area (Å²) >= 11 is 5.86. The van der Waals surface area contributed by atoms with Gasteiger partial charge in [-0.2, -0.15) is 0 Å². The fourth-order valence-electron chi connectivity index (χ4n) is 2.92. The number of likely N-dealkylation sites (tertiary alicyclic amines) is 1. The molecule has 6 nitrogen and oxygen atoms in total. The highest BCUT2D eigenvalue weighted by molar-refractivity contribution is 6.30. The van der Waals surface area contributed by atoms with Crippen LogP contribution >= 0.6 is 11.6 Å². The molecule has 0 spiro atoms. The zero-order chi connectivity index (χ0) is 18.2. The summed E-state index contributed by atoms with van der Waals surface area (Å²) < 4.78 is 0. The van der Waals surface area contributed by atoms with Gasteiger partial charge >= 0.3 is 0 Å². The number of piperidine rings is 1. The zero-order valence-corrected chi connectivity index (χ0v) is 15.6. The van der Waals surface area contributed by atoms with Crippen molar-refractivity contribution >= 4 is 23.3 Å². The Morgan fingerprint density at radius 2 is 2.16 bits per heavy atom. The molecule has 0 saturated carbocycles. The van der Waals surface area contributed by atoms with Crippen molar-refractivity contribution < 1.29 is 9.63 Å². The van der Waals surface area contributed by atoms with Crippen LogP contribution in [-0.4, -0.2) is 42.4 Å². The molecular formula is C18H27ClN4O2. The van der Waals surface area contributed by atoms with Gasteiger partial charge in [0.25, 0.3) is 5.91 Å². The third-order valence-electron chi connectivity index (χ3n) is 4.43. The van der Waals surface area contributed by atoms with Gasteiger partial charge < -0.3 is 15.9 Å². The summed E-state index contributed by atoms with van der Waals surface area (Å²) in [6.45, 7) is 5.53. The highest BCUT2D eigenvalue weighted by atomic mass is 35.5. The number of carbonyl (C=O) groups is 1. The molecule has 1 aromatic rings. The predicted octanol–water partition coefficient (Wildman–Crippen LogP) is 2.68. The van der Waals surface area contributed by atoms with Crippen molar-refractivity contribution in [3.63, 3.8) is 0 Å². The van der Waals surface area contributed by atoms with E-state index in [2.05, 4.69) is 22.3 Å². The molecule has 1 fully saturated rings. The van der Waals surface area contributed by atoms with E-state index in [4.69, 9.17) is 22.2 Å². The molecule has 0 aromatic heterocycles. The van der Waals surface area contributed by atoms with E-state index < -0.39 is 0 Å². The molecule has 1 amide bonds. The summed E-state index contributed by atoms with van der Waals surface area (Å²) in [4.78, 5) is 19.3. The minimum atomic E-state index is -0.245. The maximum absolute atomic E-state index is 11.9. The summed E-state index contributed by atoms with van der Waals surface area (Å²) in [7, 11) is 0. The minimum Gasteiger partial charge on any atom is -0.384 e. The quantitative estimate of drug-likeness (QED) is 0.441. The van der Waals surface area contributed by atoms with Crippen LogP contribution in [0.5, 0.6) is 0 Å². The van der Waals surface area contributed by atoms with Gasteiger partial charge in [-0.3, -0.25) is 9.69 Å². The van der Waals surface area contributed by atoms with Crippen molar-refractivity contribution in [2.75, 3.05) is 19.7 Å². The lowest BCUT2D eigenvalue weighted by molar-refractivity contribution is -0.126. The van der Waals surface area contributed by atoms with Gasteiger partial charge in [0.15, 0.2) is 12.4 Å². The molecule has 138 valence electrons. The smallest absolute Gasteiger partial charge is 0.261 e. The van der Waals surface area contributed by atoms with Crippen LogP contribution in [0.2, 0.25) is 5.02 Å². The van der Waals surface area contributed by atoms with Crippen molar-refractivity contribution in [1.82, 2.24) is 10.2 Å². The molecule has 7 heteroatoms. The first-order valence-corrected chi connectivity index (χ1v) is 9.06. The highest BCUT2D eigenvalue weighted by Gasteiger charge is 2.19. The number of nitrogens with zero attached hydrogens (tertiary/aromatic N) is 2. The number of nitrogens with one attached hydrogen (secondary N) is 1. The number of rotatable bonds is 7. The molecule has 1 heterocycles. The molecule has 0 radical (unpaired) electrons. The van der Waals surface area contributed by atoms with E-state index in [0.29, 0.717) is 23.4 Å². The maximum Gasteiger partial charge on any atom is 0.261 e. The zero-order valence-electron chi connectivity index (χ0n) is 14.9. The third-order valence-corrected chi connectivity index (χ3v) is 4.68. The van der Waals surface area contributed by atoms with Crippen LogP contribution in [0.25, 0.3) is 0 Å². The number of hydrogen-bond donors (Lipinski definition) is 2. The molecule has 2 atom stereocenters. The topological polar surface area (TPSA) is 79.9 Å². The second kappa shape index (κ2) is 9.63. The molecule has 3 N–H and O–H groups in total. The molecular weight excluding hydrogens is 340 g/mol. The summed E-state index contributed by atoms with van der Waals surface area (Å²) in [6.07, 6.45) is 3.62. The number of hydrogen-bond acceptors (Lipinski definition) is 4. The number of benzene rings is 1. The number of amides is 1. The molecule has 2 unspecified atom stereocenters. The Bertz CT molecular complexity index is 591. The van der Waals surface area contributed by atoms with Crippen molar-refractivity contribution in [2.45, 2.75) is 45.2 Å². The van der Waals surface area contributed by atoms with E-state index in [0.717, 1.165) is 12.1 Å². The van der Waals surface area contributed by atoms with Crippen molar-refractivity contribution in [2.24, 2.45) is 10.9 Å². The van der Waals surface area contributed by atoms with Gasteiger partial charge in [-0.25, -0.2) is 0 Å². The summed E-state index contributed by atoms with van der Waals surface area (Å²) in [6, 6.07) is 7.72. The first kappa shape index (κ1) is 19.5. The van der Waals surface area contributed by atoms with Gasteiger partial charge in [-0.15, -0.1) is 0 Å². The monoisotopic (exact) mass is 366 g/mol. The van der Waals surface area contributed by atoms with E-state index in [-0.39, 0.29) is 18.6 Å². The highest BCUT2D eigenvalue weighted by Crippen LogP contribution is 2.16. The maximum atomic E-state index is 11.9. The lowest BCUT2D eigenvalue weighted by atomic mass is 10.0. The molecule has 1 saturated heterocycles. The van der Waals surface area contributed by atoms with E-state index in [1.54, 1.807) is 12.1 Å². The van der Waals surface area contributed by atoms with Gasteiger partial charge in [0.05, 0.1) is 12.6 Å². The average molecular weight is 367 g/mol. The average Bonchev–Trinajstić information content (AvgIpc) is 2.57. The van der Waals surface area contributed by atoms with E-state index in [9.17, 15) is 4.79 Å². The Kier molecular flexibility index (Phi) is 7.52. The van der Waals surface area contributed by atoms with Gasteiger partial charge in [0.1, 0.15) is 0 Å². The van der Waals surface area contributed by atoms with Crippen LogP contribution in [0.3, 0.4) is 0 Å². The molecule has 0 bridgehead atoms. The van der Waals surface area contributed by atoms with Gasteiger partial charge in [0.2, 0.25) is 0 Å². The van der Waals surface area contributed by atoms with Crippen LogP contribution in [0.15, 0.2) is 29.4 Å². The molecule has 1 aromatic carbocycles. The molecule has 1 aliphatic heterocycles. The second-order valence-corrected chi connectivity index (χ2v) is 6.95. The Morgan fingerprint density at radius 1 is 1.44 bits per heavy atom. The normalized spacial score (nSPS) is 20.1. The summed E-state index contributed by atoms with van der Waals surface area (Å²) in [5.74, 6) is 0.151. The number of carbonyl (C=O) groups excluding carboxylic acids is 1. The fraction of sp³-hybridized carbons (Fsp3) is 0.556. The van der Waals surface area contributed by atoms with Gasteiger partial charge in [-0.05, 0) is 50.9 Å². The van der Waals surface area contributed by atoms with Crippen LogP contribution < -0.4 is 11.1 Å². The van der Waals surface area contributed by atoms with Crippen LogP contribution in [0.1, 0.15) is 44.7 Å². The van der Waals surface area contributed by atoms with E-state index in [1.807, 2.05) is 19.1 Å². The molecule has 1 aliphatic rings. The van der Waals surface area contributed by atoms with E-state index >= 15 is 0 Å². The lowest BCUT2D eigenvalue weighted by Gasteiger charge is -2.32. The lowest BCUT2D eigenvalue weighted by Crippen LogP contribution is -2.43. The van der Waals surface area contributed by atoms with Crippen molar-refractivity contribution in [3.8, 4) is 0 Å². The minimum absolute atomic E-state index is 0.135. The SMILES string of the molecule is CC(NC(=O)CO/N=C(/N)CN1CCCCC1C)c1ccc(Cl)cc1. The molecule has 2 rings (SSSR count). The van der Waals surface area contributed by atoms with E-state index in [1.165, 1.54) is 19.3 Å². The predicted molar refractivity (Wildman–Crippen MR) is 100 cm³/mol. The number of oxime groups is 1. The fourth-order valence-corrected chi connectivity index (χ4v) is 3.05. The summed E-state index contributed by atoms with van der Waals surface area (Å²) in [5.41, 5.74) is 6.87. The number of amidine groups is 1. The standard InChI is InChI=1S/C18H27ClN4O2/c1-13-5-3-4-10-23(13)11-17(20)22-25-12-18(24)21-14(2)15-6-8-16(19)9-7-15/h6-9,13-14H,3-5,10-12H2,1-2H3,(H2,20,22)(H,21,24). The Hall–Kier alpha value is -1.79. The molecule has 0 aliphatic carbocycles. The van der Waals surface area contributed by atoms with Crippen LogP contribution in [-0.2, 0) is 9.63 Å². The van der Waals surface area contributed by atoms with Crippen molar-refractivity contribution in [3.05, 3.63) is 34.9 Å². The Labute approximate surface area is 154 Å². The summed E-state index contributed by atoms with van der Waals surface area (Å²) in [5, 5.41) is 7.37. The Morgan fingerprint density at radius 3 is 2.84 bits per heavy atom. The largest absolute Gasteiger partial charge is 0.384 e. The number of halogens is 1. The Balaban J connectivity index is 1.72. The van der Waals surface area contributed by atoms with Crippen LogP contribution in [0, 0.1) is 0 Å². The first-order chi connectivity index (χ1) is 12.0. The second-order valence-electron chi connectivity index (χ2n) is 6.51. The van der Waals surface area contributed by atoms with Crippen LogP contribution in [0.4, 0.5) is 0 Å². The third kappa shape index (κ3) is 6.55. The van der Waals surface area contributed by atoms with Gasteiger partial charge in [-0.1, -0.05) is 35.3 Å². The number of nitrogens with two attached hydrogens (primary N) is 1. The molecule has 25 heavy (non-hydrogen) atoms. The van der Waals surface area contributed by atoms with Crippen molar-refractivity contribution in [1.29, 1.82) is 0 Å².